The first kappa shape index (κ1) is 18.6. The topological polar surface area (TPSA) is 66.8 Å². The molecule has 0 radical (unpaired) electrons. The predicted molar refractivity (Wildman–Crippen MR) is 67.5 cm³/mol. The highest BCUT2D eigenvalue weighted by Gasteiger charge is 2.17. The van der Waals surface area contributed by atoms with E-state index in [2.05, 4.69) is 0 Å². The van der Waals surface area contributed by atoms with Gasteiger partial charge in [-0.3, -0.25) is 14.5 Å². The zero-order valence-corrected chi connectivity index (χ0v) is 11.5. The first-order valence-electron chi connectivity index (χ1n) is 5.62. The van der Waals surface area contributed by atoms with Gasteiger partial charge in [0.2, 0.25) is 0 Å². The fourth-order valence-electron chi connectivity index (χ4n) is 1.52. The molecule has 0 spiro atoms. The Labute approximate surface area is 109 Å². The van der Waals surface area contributed by atoms with Crippen molar-refractivity contribution in [2.24, 2.45) is 0 Å². The molecule has 0 bridgehead atoms. The molecule has 1 unspecified atom stereocenters. The lowest BCUT2D eigenvalue weighted by Crippen LogP contribution is -2.36. The number of ether oxygens (including phenoxy) is 1. The summed E-state index contributed by atoms with van der Waals surface area (Å²) in [6.07, 6.45) is 0.405. The number of carboxylic acids is 1. The average Bonchev–Trinajstić information content (AvgIpc) is 2.18. The number of hydrogen-bond acceptors (Lipinski definition) is 4. The summed E-state index contributed by atoms with van der Waals surface area (Å²) in [5, 5.41) is 8.59. The Morgan fingerprint density at radius 1 is 1.35 bits per heavy atom. The van der Waals surface area contributed by atoms with Crippen molar-refractivity contribution < 1.29 is 19.4 Å². The molecule has 0 aromatic heterocycles. The van der Waals surface area contributed by atoms with Crippen LogP contribution in [-0.4, -0.2) is 47.7 Å². The standard InChI is InChI=1S/C11H21NO4.ClH/c1-4-12(7-6-10(13)14)9(3)8-11(15)16-5-2;/h9H,4-8H2,1-3H3,(H,13,14);1H. The van der Waals surface area contributed by atoms with Crippen LogP contribution >= 0.6 is 12.4 Å². The van der Waals surface area contributed by atoms with Crippen molar-refractivity contribution in [2.45, 2.75) is 39.7 Å². The monoisotopic (exact) mass is 267 g/mol. The number of carboxylic acid groups (broad SMARTS) is 1. The molecule has 17 heavy (non-hydrogen) atoms. The lowest BCUT2D eigenvalue weighted by molar-refractivity contribution is -0.144. The van der Waals surface area contributed by atoms with Crippen molar-refractivity contribution in [1.82, 2.24) is 4.90 Å². The lowest BCUT2D eigenvalue weighted by atomic mass is 10.2. The summed E-state index contributed by atoms with van der Waals surface area (Å²) in [7, 11) is 0. The second-order valence-corrected chi connectivity index (χ2v) is 3.63. The number of esters is 1. The van der Waals surface area contributed by atoms with Gasteiger partial charge in [0, 0.05) is 12.6 Å². The second kappa shape index (κ2) is 10.4. The highest BCUT2D eigenvalue weighted by Crippen LogP contribution is 2.05. The maximum Gasteiger partial charge on any atom is 0.307 e. The molecule has 0 aromatic rings. The van der Waals surface area contributed by atoms with Crippen LogP contribution in [0.5, 0.6) is 0 Å². The maximum atomic E-state index is 11.2. The molecule has 0 aromatic carbocycles. The molecule has 1 atom stereocenters. The molecule has 0 saturated heterocycles. The van der Waals surface area contributed by atoms with Crippen molar-refractivity contribution in [3.05, 3.63) is 0 Å². The van der Waals surface area contributed by atoms with E-state index in [1.54, 1.807) is 6.92 Å². The van der Waals surface area contributed by atoms with Gasteiger partial charge in [-0.2, -0.15) is 0 Å². The van der Waals surface area contributed by atoms with Gasteiger partial charge >= 0.3 is 11.9 Å². The van der Waals surface area contributed by atoms with E-state index in [9.17, 15) is 9.59 Å². The van der Waals surface area contributed by atoms with Crippen molar-refractivity contribution in [1.29, 1.82) is 0 Å². The molecule has 0 heterocycles. The smallest absolute Gasteiger partial charge is 0.307 e. The van der Waals surface area contributed by atoms with Crippen molar-refractivity contribution >= 4 is 24.3 Å². The van der Waals surface area contributed by atoms with Crippen molar-refractivity contribution in [2.75, 3.05) is 19.7 Å². The Kier molecular flexibility index (Phi) is 11.3. The normalized spacial score (nSPS) is 11.8. The molecule has 0 aliphatic heterocycles. The van der Waals surface area contributed by atoms with Gasteiger partial charge in [0.05, 0.1) is 19.4 Å². The van der Waals surface area contributed by atoms with Gasteiger partial charge in [-0.05, 0) is 20.4 Å². The Morgan fingerprint density at radius 2 is 1.94 bits per heavy atom. The summed E-state index contributed by atoms with van der Waals surface area (Å²) < 4.78 is 4.85. The minimum Gasteiger partial charge on any atom is -0.481 e. The highest BCUT2D eigenvalue weighted by atomic mass is 35.5. The molecule has 0 aliphatic rings. The first-order valence-corrected chi connectivity index (χ1v) is 5.62. The van der Waals surface area contributed by atoms with Crippen LogP contribution in [-0.2, 0) is 14.3 Å². The fraction of sp³-hybridized carbons (Fsp3) is 0.818. The first-order chi connectivity index (χ1) is 7.51. The molecule has 0 rings (SSSR count). The van der Waals surface area contributed by atoms with Crippen LogP contribution in [0.15, 0.2) is 0 Å². The number of carbonyl (C=O) groups excluding carboxylic acids is 1. The summed E-state index contributed by atoms with van der Waals surface area (Å²) in [6.45, 7) is 7.20. The van der Waals surface area contributed by atoms with Gasteiger partial charge in [-0.1, -0.05) is 6.92 Å². The largest absolute Gasteiger partial charge is 0.481 e. The minimum absolute atomic E-state index is 0. The average molecular weight is 268 g/mol. The predicted octanol–water partition coefficient (Wildman–Crippen LogP) is 1.55. The van der Waals surface area contributed by atoms with Crippen LogP contribution < -0.4 is 0 Å². The SMILES string of the molecule is CCOC(=O)CC(C)N(CC)CCC(=O)O.Cl. The minimum atomic E-state index is -0.818. The van der Waals surface area contributed by atoms with E-state index in [4.69, 9.17) is 9.84 Å². The van der Waals surface area contributed by atoms with Gasteiger partial charge in [0.15, 0.2) is 0 Å². The molecule has 5 nitrogen and oxygen atoms in total. The molecular formula is C11H22ClNO4. The Morgan fingerprint density at radius 3 is 2.35 bits per heavy atom. The highest BCUT2D eigenvalue weighted by molar-refractivity contribution is 5.85. The third kappa shape index (κ3) is 8.94. The van der Waals surface area contributed by atoms with Gasteiger partial charge < -0.3 is 9.84 Å². The van der Waals surface area contributed by atoms with Crippen LogP contribution in [0.4, 0.5) is 0 Å². The van der Waals surface area contributed by atoms with E-state index in [0.717, 1.165) is 6.54 Å². The van der Waals surface area contributed by atoms with Crippen molar-refractivity contribution in [3.63, 3.8) is 0 Å². The molecule has 6 heteroatoms. The molecule has 0 amide bonds. The number of halogens is 1. The van der Waals surface area contributed by atoms with E-state index in [-0.39, 0.29) is 30.8 Å². The Hall–Kier alpha value is -0.810. The maximum absolute atomic E-state index is 11.2. The Bertz CT molecular complexity index is 236. The summed E-state index contributed by atoms with van der Waals surface area (Å²) >= 11 is 0. The number of nitrogens with zero attached hydrogens (tertiary/aromatic N) is 1. The fourth-order valence-corrected chi connectivity index (χ4v) is 1.52. The lowest BCUT2D eigenvalue weighted by Gasteiger charge is -2.26. The van der Waals surface area contributed by atoms with Crippen LogP contribution in [0.1, 0.15) is 33.6 Å². The third-order valence-electron chi connectivity index (χ3n) is 2.41. The molecule has 0 saturated carbocycles. The van der Waals surface area contributed by atoms with E-state index < -0.39 is 5.97 Å². The number of carbonyl (C=O) groups is 2. The van der Waals surface area contributed by atoms with Crippen LogP contribution in [0.2, 0.25) is 0 Å². The molecule has 1 N–H and O–H groups in total. The second-order valence-electron chi connectivity index (χ2n) is 3.63. The van der Waals surface area contributed by atoms with E-state index in [1.807, 2.05) is 18.7 Å². The summed E-state index contributed by atoms with van der Waals surface area (Å²) in [5.74, 6) is -1.05. The third-order valence-corrected chi connectivity index (χ3v) is 2.41. The molecule has 0 aliphatic carbocycles. The number of aliphatic carboxylic acids is 1. The van der Waals surface area contributed by atoms with Gasteiger partial charge in [0.1, 0.15) is 0 Å². The van der Waals surface area contributed by atoms with E-state index >= 15 is 0 Å². The van der Waals surface area contributed by atoms with Crippen LogP contribution in [0, 0.1) is 0 Å². The quantitative estimate of drug-likeness (QED) is 0.676. The number of rotatable bonds is 8. The van der Waals surface area contributed by atoms with E-state index in [1.165, 1.54) is 0 Å². The molecule has 0 fully saturated rings. The summed E-state index contributed by atoms with van der Waals surface area (Å²) in [5.41, 5.74) is 0. The molecular weight excluding hydrogens is 246 g/mol. The van der Waals surface area contributed by atoms with Gasteiger partial charge in [-0.25, -0.2) is 0 Å². The van der Waals surface area contributed by atoms with Gasteiger partial charge in [-0.15, -0.1) is 12.4 Å². The van der Waals surface area contributed by atoms with Crippen LogP contribution in [0.25, 0.3) is 0 Å². The summed E-state index contributed by atoms with van der Waals surface area (Å²) in [4.78, 5) is 23.7. The molecule has 102 valence electrons. The zero-order valence-electron chi connectivity index (χ0n) is 10.6. The summed E-state index contributed by atoms with van der Waals surface area (Å²) in [6, 6.07) is 0.0170. The number of hydrogen-bond donors (Lipinski definition) is 1. The Balaban J connectivity index is 0. The van der Waals surface area contributed by atoms with Gasteiger partial charge in [0.25, 0.3) is 0 Å². The van der Waals surface area contributed by atoms with Crippen LogP contribution in [0.3, 0.4) is 0 Å². The van der Waals surface area contributed by atoms with E-state index in [0.29, 0.717) is 19.6 Å². The zero-order chi connectivity index (χ0) is 12.6. The van der Waals surface area contributed by atoms with Crippen molar-refractivity contribution in [3.8, 4) is 0 Å².